The number of Topliss-reactive ketones (excluding diaryl/α,β-unsaturated/α-hetero) is 1. The van der Waals surface area contributed by atoms with E-state index >= 15 is 0 Å². The summed E-state index contributed by atoms with van der Waals surface area (Å²) in [6.45, 7) is 3.39. The monoisotopic (exact) mass is 351 g/mol. The minimum absolute atomic E-state index is 0.210. The predicted octanol–water partition coefficient (Wildman–Crippen LogP) is 4.14. The van der Waals surface area contributed by atoms with Crippen LogP contribution in [0.1, 0.15) is 22.3 Å². The normalized spacial score (nSPS) is 16.9. The van der Waals surface area contributed by atoms with Crippen molar-refractivity contribution in [3.8, 4) is 5.75 Å². The molecular formula is C21H21NO2S. The van der Waals surface area contributed by atoms with Crippen LogP contribution in [0.25, 0.3) is 5.57 Å². The maximum atomic E-state index is 12.5. The first-order chi connectivity index (χ1) is 12.3. The highest BCUT2D eigenvalue weighted by molar-refractivity contribution is 7.99. The minimum atomic E-state index is 0.210. The first-order valence-electron chi connectivity index (χ1n) is 8.69. The van der Waals surface area contributed by atoms with E-state index in [1.807, 2.05) is 24.3 Å². The van der Waals surface area contributed by atoms with Gasteiger partial charge in [0, 0.05) is 37.4 Å². The standard InChI is InChI=1S/C21H21NO2S/c23-19(17-6-7-20-21(14-17)25-13-12-24-20)9-11-22-10-8-18(15-22)16-4-2-1-3-5-16/h1-8,14H,9-13,15H2. The summed E-state index contributed by atoms with van der Waals surface area (Å²) in [5.41, 5.74) is 3.44. The number of fused-ring (bicyclic) bond motifs is 1. The Morgan fingerprint density at radius 2 is 2.04 bits per heavy atom. The Hall–Kier alpha value is -2.04. The van der Waals surface area contributed by atoms with Gasteiger partial charge >= 0.3 is 0 Å². The first kappa shape index (κ1) is 16.4. The van der Waals surface area contributed by atoms with Crippen molar-refractivity contribution in [2.75, 3.05) is 32.0 Å². The summed E-state index contributed by atoms with van der Waals surface area (Å²) in [6, 6.07) is 16.3. The minimum Gasteiger partial charge on any atom is -0.492 e. The molecule has 4 heteroatoms. The zero-order chi connectivity index (χ0) is 17.1. The molecule has 0 fully saturated rings. The number of hydrogen-bond acceptors (Lipinski definition) is 4. The molecule has 128 valence electrons. The van der Waals surface area contributed by atoms with Crippen LogP contribution in [0.5, 0.6) is 5.75 Å². The predicted molar refractivity (Wildman–Crippen MR) is 102 cm³/mol. The van der Waals surface area contributed by atoms with Gasteiger partial charge in [0.15, 0.2) is 5.78 Å². The molecule has 2 aromatic carbocycles. The van der Waals surface area contributed by atoms with Crippen LogP contribution in [0.3, 0.4) is 0 Å². The molecule has 2 heterocycles. The summed E-state index contributed by atoms with van der Waals surface area (Å²) in [5, 5.41) is 0. The van der Waals surface area contributed by atoms with Gasteiger partial charge in [-0.15, -0.1) is 11.8 Å². The molecule has 0 atom stereocenters. The number of benzene rings is 2. The van der Waals surface area contributed by atoms with Crippen molar-refractivity contribution in [3.05, 3.63) is 65.7 Å². The molecule has 0 unspecified atom stereocenters. The van der Waals surface area contributed by atoms with E-state index in [4.69, 9.17) is 4.74 Å². The molecule has 0 amide bonds. The molecule has 0 radical (unpaired) electrons. The second-order valence-corrected chi connectivity index (χ2v) is 7.50. The van der Waals surface area contributed by atoms with E-state index in [2.05, 4.69) is 35.2 Å². The fourth-order valence-corrected chi connectivity index (χ4v) is 4.13. The van der Waals surface area contributed by atoms with Crippen LogP contribution in [-0.4, -0.2) is 42.7 Å². The second kappa shape index (κ2) is 7.46. The van der Waals surface area contributed by atoms with Gasteiger partial charge in [0.1, 0.15) is 5.75 Å². The van der Waals surface area contributed by atoms with Crippen LogP contribution in [0.4, 0.5) is 0 Å². The molecule has 0 aliphatic carbocycles. The maximum absolute atomic E-state index is 12.5. The molecular weight excluding hydrogens is 330 g/mol. The molecule has 0 N–H and O–H groups in total. The van der Waals surface area contributed by atoms with E-state index < -0.39 is 0 Å². The van der Waals surface area contributed by atoms with Crippen LogP contribution in [0.2, 0.25) is 0 Å². The molecule has 25 heavy (non-hydrogen) atoms. The van der Waals surface area contributed by atoms with E-state index in [9.17, 15) is 4.79 Å². The number of ketones is 1. The lowest BCUT2D eigenvalue weighted by Gasteiger charge is -2.18. The highest BCUT2D eigenvalue weighted by Gasteiger charge is 2.18. The molecule has 2 aromatic rings. The van der Waals surface area contributed by atoms with Gasteiger partial charge in [-0.25, -0.2) is 0 Å². The summed E-state index contributed by atoms with van der Waals surface area (Å²) in [5.74, 6) is 2.07. The van der Waals surface area contributed by atoms with Crippen molar-refractivity contribution in [1.82, 2.24) is 4.90 Å². The first-order valence-corrected chi connectivity index (χ1v) is 9.68. The van der Waals surface area contributed by atoms with Gasteiger partial charge < -0.3 is 4.74 Å². The quantitative estimate of drug-likeness (QED) is 0.757. The Bertz CT molecular complexity index is 801. The molecule has 3 nitrogen and oxygen atoms in total. The van der Waals surface area contributed by atoms with E-state index in [1.54, 1.807) is 11.8 Å². The van der Waals surface area contributed by atoms with Gasteiger partial charge in [-0.05, 0) is 29.3 Å². The lowest BCUT2D eigenvalue weighted by Crippen LogP contribution is -2.24. The number of carbonyl (C=O) groups excluding carboxylic acids is 1. The Kier molecular flexibility index (Phi) is 4.90. The average molecular weight is 351 g/mol. The van der Waals surface area contributed by atoms with Gasteiger partial charge in [-0.3, -0.25) is 9.69 Å². The molecule has 2 aliphatic heterocycles. The molecule has 0 bridgehead atoms. The third kappa shape index (κ3) is 3.80. The second-order valence-electron chi connectivity index (χ2n) is 6.36. The van der Waals surface area contributed by atoms with Crippen molar-refractivity contribution < 1.29 is 9.53 Å². The van der Waals surface area contributed by atoms with Crippen molar-refractivity contribution in [1.29, 1.82) is 0 Å². The van der Waals surface area contributed by atoms with E-state index in [1.165, 1.54) is 11.1 Å². The lowest BCUT2D eigenvalue weighted by molar-refractivity contribution is 0.0969. The van der Waals surface area contributed by atoms with Gasteiger partial charge in [-0.2, -0.15) is 0 Å². The lowest BCUT2D eigenvalue weighted by atomic mass is 10.1. The zero-order valence-electron chi connectivity index (χ0n) is 14.1. The fourth-order valence-electron chi connectivity index (χ4n) is 3.26. The van der Waals surface area contributed by atoms with Crippen molar-refractivity contribution in [2.24, 2.45) is 0 Å². The molecule has 0 spiro atoms. The Morgan fingerprint density at radius 1 is 1.16 bits per heavy atom. The summed E-state index contributed by atoms with van der Waals surface area (Å²) >= 11 is 1.77. The van der Waals surface area contributed by atoms with Crippen molar-refractivity contribution >= 4 is 23.1 Å². The summed E-state index contributed by atoms with van der Waals surface area (Å²) < 4.78 is 5.61. The van der Waals surface area contributed by atoms with Gasteiger partial charge in [0.2, 0.25) is 0 Å². The van der Waals surface area contributed by atoms with E-state index in [0.29, 0.717) is 6.42 Å². The van der Waals surface area contributed by atoms with Crippen molar-refractivity contribution in [2.45, 2.75) is 11.3 Å². The topological polar surface area (TPSA) is 29.5 Å². The third-order valence-electron chi connectivity index (χ3n) is 4.65. The third-order valence-corrected chi connectivity index (χ3v) is 5.65. The Balaban J connectivity index is 1.33. The largest absolute Gasteiger partial charge is 0.492 e. The molecule has 0 saturated heterocycles. The number of carbonyl (C=O) groups is 1. The van der Waals surface area contributed by atoms with Crippen molar-refractivity contribution in [3.63, 3.8) is 0 Å². The van der Waals surface area contributed by atoms with E-state index in [-0.39, 0.29) is 5.78 Å². The Labute approximate surface area is 152 Å². The molecule has 2 aliphatic rings. The summed E-state index contributed by atoms with van der Waals surface area (Å²) in [7, 11) is 0. The van der Waals surface area contributed by atoms with Crippen LogP contribution in [-0.2, 0) is 0 Å². The molecule has 0 aromatic heterocycles. The van der Waals surface area contributed by atoms with E-state index in [0.717, 1.165) is 48.2 Å². The van der Waals surface area contributed by atoms with Crippen LogP contribution in [0, 0.1) is 0 Å². The highest BCUT2D eigenvalue weighted by atomic mass is 32.2. The number of ether oxygens (including phenoxy) is 1. The Morgan fingerprint density at radius 3 is 2.92 bits per heavy atom. The number of thioether (sulfide) groups is 1. The summed E-state index contributed by atoms with van der Waals surface area (Å²) in [4.78, 5) is 16.0. The maximum Gasteiger partial charge on any atom is 0.164 e. The van der Waals surface area contributed by atoms with Crippen LogP contribution in [0.15, 0.2) is 59.5 Å². The molecule has 4 rings (SSSR count). The van der Waals surface area contributed by atoms with Crippen LogP contribution < -0.4 is 4.74 Å². The van der Waals surface area contributed by atoms with Gasteiger partial charge in [0.05, 0.1) is 11.5 Å². The fraction of sp³-hybridized carbons (Fsp3) is 0.286. The molecule has 0 saturated carbocycles. The van der Waals surface area contributed by atoms with Gasteiger partial charge in [0.25, 0.3) is 0 Å². The zero-order valence-corrected chi connectivity index (χ0v) is 14.9. The van der Waals surface area contributed by atoms with Gasteiger partial charge in [-0.1, -0.05) is 36.4 Å². The smallest absolute Gasteiger partial charge is 0.164 e. The highest BCUT2D eigenvalue weighted by Crippen LogP contribution is 2.34. The number of rotatable bonds is 5. The SMILES string of the molecule is O=C(CCN1CC=C(c2ccccc2)C1)c1ccc2c(c1)SCCO2. The van der Waals surface area contributed by atoms with Crippen LogP contribution >= 0.6 is 11.8 Å². The summed E-state index contributed by atoms with van der Waals surface area (Å²) in [6.07, 6.45) is 2.83. The number of nitrogens with zero attached hydrogens (tertiary/aromatic N) is 1. The number of hydrogen-bond donors (Lipinski definition) is 0. The average Bonchev–Trinajstić information content (AvgIpc) is 3.15.